The highest BCUT2D eigenvalue weighted by Crippen LogP contribution is 2.25. The maximum absolute atomic E-state index is 12.9. The first kappa shape index (κ1) is 20.4. The highest BCUT2D eigenvalue weighted by molar-refractivity contribution is 6.39. The van der Waals surface area contributed by atoms with Crippen molar-refractivity contribution in [3.63, 3.8) is 0 Å². The molecule has 0 bridgehead atoms. The van der Waals surface area contributed by atoms with E-state index in [1.165, 1.54) is 6.08 Å². The third-order valence-electron chi connectivity index (χ3n) is 4.63. The van der Waals surface area contributed by atoms with Crippen LogP contribution in [0.25, 0.3) is 6.08 Å². The molecule has 6 nitrogen and oxygen atoms in total. The molecule has 7 heteroatoms. The fourth-order valence-corrected chi connectivity index (χ4v) is 3.17. The number of urea groups is 1. The highest BCUT2D eigenvalue weighted by atomic mass is 35.5. The third kappa shape index (κ3) is 4.65. The van der Waals surface area contributed by atoms with Crippen LogP contribution >= 0.6 is 11.6 Å². The summed E-state index contributed by atoms with van der Waals surface area (Å²) >= 11 is 5.88. The molecule has 1 aliphatic heterocycles. The van der Waals surface area contributed by atoms with Crippen molar-refractivity contribution in [2.75, 3.05) is 4.90 Å². The van der Waals surface area contributed by atoms with Gasteiger partial charge < -0.3 is 4.74 Å². The van der Waals surface area contributed by atoms with Gasteiger partial charge >= 0.3 is 6.03 Å². The molecular formula is C24H17ClN2O4. The van der Waals surface area contributed by atoms with Gasteiger partial charge in [0.2, 0.25) is 0 Å². The van der Waals surface area contributed by atoms with Gasteiger partial charge in [0.15, 0.2) is 0 Å². The van der Waals surface area contributed by atoms with Crippen molar-refractivity contribution in [3.05, 3.63) is 101 Å². The van der Waals surface area contributed by atoms with Crippen LogP contribution in [0.15, 0.2) is 84.4 Å². The van der Waals surface area contributed by atoms with Crippen LogP contribution in [0.3, 0.4) is 0 Å². The molecular weight excluding hydrogens is 416 g/mol. The van der Waals surface area contributed by atoms with Crippen LogP contribution in [-0.4, -0.2) is 17.8 Å². The molecule has 31 heavy (non-hydrogen) atoms. The van der Waals surface area contributed by atoms with E-state index in [2.05, 4.69) is 5.32 Å². The number of carbonyl (C=O) groups excluding carboxylic acids is 3. The summed E-state index contributed by atoms with van der Waals surface area (Å²) in [4.78, 5) is 38.4. The molecule has 1 fully saturated rings. The van der Waals surface area contributed by atoms with E-state index < -0.39 is 17.8 Å². The van der Waals surface area contributed by atoms with Gasteiger partial charge in [-0.15, -0.1) is 0 Å². The Bertz CT molecular complexity index is 1160. The topological polar surface area (TPSA) is 75.7 Å². The molecule has 0 saturated carbocycles. The van der Waals surface area contributed by atoms with Gasteiger partial charge in [0.25, 0.3) is 11.8 Å². The minimum atomic E-state index is -0.796. The first-order valence-electron chi connectivity index (χ1n) is 9.45. The van der Waals surface area contributed by atoms with Crippen LogP contribution in [0, 0.1) is 0 Å². The fourth-order valence-electron chi connectivity index (χ4n) is 3.05. The monoisotopic (exact) mass is 432 g/mol. The van der Waals surface area contributed by atoms with E-state index in [0.717, 1.165) is 10.5 Å². The summed E-state index contributed by atoms with van der Waals surface area (Å²) in [5.74, 6) is -0.842. The van der Waals surface area contributed by atoms with Crippen molar-refractivity contribution in [1.82, 2.24) is 5.32 Å². The molecule has 3 aromatic carbocycles. The van der Waals surface area contributed by atoms with Crippen LogP contribution in [0.1, 0.15) is 11.1 Å². The van der Waals surface area contributed by atoms with E-state index in [4.69, 9.17) is 16.3 Å². The number of benzene rings is 3. The fraction of sp³-hybridized carbons (Fsp3) is 0.0417. The van der Waals surface area contributed by atoms with Gasteiger partial charge in [0.1, 0.15) is 17.9 Å². The Morgan fingerprint density at radius 3 is 2.23 bits per heavy atom. The number of hydrogen-bond donors (Lipinski definition) is 1. The van der Waals surface area contributed by atoms with Gasteiger partial charge in [-0.2, -0.15) is 0 Å². The number of ether oxygens (including phenoxy) is 1. The second-order valence-corrected chi connectivity index (χ2v) is 7.21. The van der Waals surface area contributed by atoms with Crippen molar-refractivity contribution in [1.29, 1.82) is 0 Å². The van der Waals surface area contributed by atoms with Crippen molar-refractivity contribution in [2.45, 2.75) is 6.61 Å². The minimum Gasteiger partial charge on any atom is -0.489 e. The summed E-state index contributed by atoms with van der Waals surface area (Å²) in [6.07, 6.45) is 1.46. The molecule has 1 aliphatic rings. The number of anilines is 1. The Hall–Kier alpha value is -3.90. The maximum Gasteiger partial charge on any atom is 0.335 e. The molecule has 1 heterocycles. The number of imide groups is 2. The number of carbonyl (C=O) groups is 3. The molecule has 0 atom stereocenters. The number of amides is 4. The van der Waals surface area contributed by atoms with E-state index in [1.807, 2.05) is 18.2 Å². The molecule has 154 valence electrons. The molecule has 4 amide bonds. The van der Waals surface area contributed by atoms with E-state index in [9.17, 15) is 14.4 Å². The summed E-state index contributed by atoms with van der Waals surface area (Å²) in [6, 6.07) is 21.9. The Labute approximate surface area is 183 Å². The summed E-state index contributed by atoms with van der Waals surface area (Å²) in [6.45, 7) is 0.345. The van der Waals surface area contributed by atoms with Gasteiger partial charge in [-0.1, -0.05) is 54.1 Å². The Morgan fingerprint density at radius 2 is 1.55 bits per heavy atom. The number of nitrogens with zero attached hydrogens (tertiary/aromatic N) is 1. The van der Waals surface area contributed by atoms with Gasteiger partial charge in [0, 0.05) is 5.02 Å². The summed E-state index contributed by atoms with van der Waals surface area (Å²) in [5, 5.41) is 2.86. The molecule has 0 aromatic heterocycles. The summed E-state index contributed by atoms with van der Waals surface area (Å²) in [7, 11) is 0. The lowest BCUT2D eigenvalue weighted by Crippen LogP contribution is -2.54. The zero-order valence-corrected chi connectivity index (χ0v) is 17.0. The summed E-state index contributed by atoms with van der Waals surface area (Å²) in [5.41, 5.74) is 1.84. The molecule has 0 unspecified atom stereocenters. The molecule has 1 saturated heterocycles. The SMILES string of the molecule is O=C1NC(=O)N(c2ccc(OCc3ccc(Cl)cc3)cc2)C(=O)/C1=C/c1ccccc1. The lowest BCUT2D eigenvalue weighted by atomic mass is 10.1. The molecule has 3 aromatic rings. The van der Waals surface area contributed by atoms with Gasteiger partial charge in [-0.3, -0.25) is 14.9 Å². The second kappa shape index (κ2) is 8.85. The zero-order valence-electron chi connectivity index (χ0n) is 16.2. The molecule has 0 radical (unpaired) electrons. The van der Waals surface area contributed by atoms with Crippen LogP contribution in [0.4, 0.5) is 10.5 Å². The average molecular weight is 433 g/mol. The van der Waals surface area contributed by atoms with E-state index in [1.54, 1.807) is 60.7 Å². The van der Waals surface area contributed by atoms with Crippen LogP contribution in [0.2, 0.25) is 5.02 Å². The standard InChI is InChI=1S/C24H17ClN2O4/c25-18-8-6-17(7-9-18)15-31-20-12-10-19(11-13-20)27-23(29)21(22(28)26-24(27)30)14-16-4-2-1-3-5-16/h1-14H,15H2,(H,26,28,30)/b21-14+. The van der Waals surface area contributed by atoms with Gasteiger partial charge in [-0.25, -0.2) is 9.69 Å². The Kier molecular flexibility index (Phi) is 5.82. The number of rotatable bonds is 5. The number of barbiturate groups is 1. The summed E-state index contributed by atoms with van der Waals surface area (Å²) < 4.78 is 5.73. The normalized spacial score (nSPS) is 15.2. The van der Waals surface area contributed by atoms with E-state index in [-0.39, 0.29) is 5.57 Å². The Balaban J connectivity index is 1.51. The first-order chi connectivity index (χ1) is 15.0. The number of halogens is 1. The lowest BCUT2D eigenvalue weighted by molar-refractivity contribution is -0.122. The third-order valence-corrected chi connectivity index (χ3v) is 4.88. The molecule has 4 rings (SSSR count). The van der Waals surface area contributed by atoms with Crippen molar-refractivity contribution < 1.29 is 19.1 Å². The largest absolute Gasteiger partial charge is 0.489 e. The van der Waals surface area contributed by atoms with Crippen molar-refractivity contribution >= 4 is 41.2 Å². The first-order valence-corrected chi connectivity index (χ1v) is 9.83. The highest BCUT2D eigenvalue weighted by Gasteiger charge is 2.36. The van der Waals surface area contributed by atoms with E-state index in [0.29, 0.717) is 28.6 Å². The van der Waals surface area contributed by atoms with Crippen molar-refractivity contribution in [3.8, 4) is 5.75 Å². The molecule has 0 spiro atoms. The van der Waals surface area contributed by atoms with E-state index >= 15 is 0 Å². The average Bonchev–Trinajstić information content (AvgIpc) is 2.78. The minimum absolute atomic E-state index is 0.117. The van der Waals surface area contributed by atoms with Gasteiger partial charge in [-0.05, 0) is 53.6 Å². The number of hydrogen-bond acceptors (Lipinski definition) is 4. The second-order valence-electron chi connectivity index (χ2n) is 6.78. The lowest BCUT2D eigenvalue weighted by Gasteiger charge is -2.26. The molecule has 1 N–H and O–H groups in total. The maximum atomic E-state index is 12.9. The van der Waals surface area contributed by atoms with Crippen LogP contribution in [0.5, 0.6) is 5.75 Å². The molecule has 0 aliphatic carbocycles. The zero-order chi connectivity index (χ0) is 21.8. The quantitative estimate of drug-likeness (QED) is 0.472. The van der Waals surface area contributed by atoms with Crippen LogP contribution in [-0.2, 0) is 16.2 Å². The van der Waals surface area contributed by atoms with Crippen molar-refractivity contribution in [2.24, 2.45) is 0 Å². The predicted molar refractivity (Wildman–Crippen MR) is 118 cm³/mol. The predicted octanol–water partition coefficient (Wildman–Crippen LogP) is 4.59. The Morgan fingerprint density at radius 1 is 0.871 bits per heavy atom. The van der Waals surface area contributed by atoms with Crippen LogP contribution < -0.4 is 15.0 Å². The van der Waals surface area contributed by atoms with Gasteiger partial charge in [0.05, 0.1) is 5.69 Å². The smallest absolute Gasteiger partial charge is 0.335 e. The number of nitrogens with one attached hydrogen (secondary N) is 1.